The fourth-order valence-electron chi connectivity index (χ4n) is 3.52. The Hall–Kier alpha value is -2.91. The number of hydrogen-bond acceptors (Lipinski definition) is 8. The van der Waals surface area contributed by atoms with E-state index in [0.717, 1.165) is 6.07 Å². The van der Waals surface area contributed by atoms with Gasteiger partial charge in [-0.1, -0.05) is 0 Å². The van der Waals surface area contributed by atoms with Crippen LogP contribution in [0.1, 0.15) is 17.0 Å². The molecule has 15 heteroatoms. The normalized spacial score (nSPS) is 18.2. The van der Waals surface area contributed by atoms with Crippen molar-refractivity contribution >= 4 is 34.0 Å². The first-order chi connectivity index (χ1) is 17.0. The Morgan fingerprint density at radius 2 is 2.06 bits per heavy atom. The average molecular weight is 549 g/mol. The van der Waals surface area contributed by atoms with E-state index in [1.165, 1.54) is 23.6 Å². The molecule has 0 amide bonds. The van der Waals surface area contributed by atoms with Gasteiger partial charge in [-0.3, -0.25) is 4.72 Å². The van der Waals surface area contributed by atoms with Crippen LogP contribution >= 0.6 is 11.3 Å². The molecule has 2 aromatic heterocycles. The quantitative estimate of drug-likeness (QED) is 0.346. The average Bonchev–Trinajstić information content (AvgIpc) is 3.16. The fourth-order valence-corrected chi connectivity index (χ4v) is 4.80. The lowest BCUT2D eigenvalue weighted by Crippen LogP contribution is -2.49. The van der Waals surface area contributed by atoms with E-state index in [1.54, 1.807) is 19.9 Å². The molecule has 1 fully saturated rings. The van der Waals surface area contributed by atoms with Crippen LogP contribution in [0, 0.1) is 19.7 Å². The Morgan fingerprint density at radius 1 is 1.28 bits per heavy atom. The lowest BCUT2D eigenvalue weighted by atomic mass is 10.0. The summed E-state index contributed by atoms with van der Waals surface area (Å²) in [6.45, 7) is 3.24. The summed E-state index contributed by atoms with van der Waals surface area (Å²) in [5, 5.41) is 6.21. The second kappa shape index (κ2) is 10.6. The molecule has 1 aromatic carbocycles. The van der Waals surface area contributed by atoms with Crippen molar-refractivity contribution in [2.24, 2.45) is 0 Å². The molecule has 3 heterocycles. The maximum absolute atomic E-state index is 14.5. The van der Waals surface area contributed by atoms with Crippen molar-refractivity contribution in [3.05, 3.63) is 40.8 Å². The van der Waals surface area contributed by atoms with Crippen LogP contribution in [0.3, 0.4) is 0 Å². The van der Waals surface area contributed by atoms with Gasteiger partial charge in [0.1, 0.15) is 10.6 Å². The van der Waals surface area contributed by atoms with E-state index >= 15 is 0 Å². The van der Waals surface area contributed by atoms with Crippen LogP contribution in [0.5, 0.6) is 11.6 Å². The number of piperidine rings is 1. The number of hydrogen-bond donors (Lipinski definition) is 3. The van der Waals surface area contributed by atoms with Crippen LogP contribution in [0.25, 0.3) is 10.6 Å². The molecular weight excluding hydrogens is 527 g/mol. The summed E-state index contributed by atoms with van der Waals surface area (Å²) in [6.07, 6.45) is 1.11. The molecule has 2 unspecified atom stereocenters. The molecule has 0 aliphatic carbocycles. The highest BCUT2D eigenvalue weighted by Crippen LogP contribution is 2.39. The summed E-state index contributed by atoms with van der Waals surface area (Å²) >= 11 is 1.25. The monoisotopic (exact) mass is 548 g/mol. The summed E-state index contributed by atoms with van der Waals surface area (Å²) in [5.41, 5.74) is 0.423. The van der Waals surface area contributed by atoms with Gasteiger partial charge in [-0.2, -0.15) is 8.78 Å². The van der Waals surface area contributed by atoms with Crippen LogP contribution in [-0.4, -0.2) is 50.0 Å². The second-order valence-electron chi connectivity index (χ2n) is 8.02. The SMILES string of the molecule is Cc1nc(Oc2cc(F)c(NS(=O)C(F)F)cc2C)c(-c2ccnc(NC3CNCC(F)(F)C3)n2)s1. The van der Waals surface area contributed by atoms with Gasteiger partial charge in [0.15, 0.2) is 16.8 Å². The Balaban J connectivity index is 1.56. The van der Waals surface area contributed by atoms with Crippen molar-refractivity contribution in [1.29, 1.82) is 0 Å². The molecule has 1 aliphatic rings. The van der Waals surface area contributed by atoms with Gasteiger partial charge in [-0.15, -0.1) is 11.3 Å². The molecule has 2 atom stereocenters. The van der Waals surface area contributed by atoms with Gasteiger partial charge >= 0.3 is 5.76 Å². The Bertz CT molecular complexity index is 1280. The number of alkyl halides is 4. The summed E-state index contributed by atoms with van der Waals surface area (Å²) < 4.78 is 86.1. The Morgan fingerprint density at radius 3 is 2.78 bits per heavy atom. The number of aryl methyl sites for hydroxylation is 2. The summed E-state index contributed by atoms with van der Waals surface area (Å²) in [6, 6.07) is 3.20. The molecule has 1 aliphatic heterocycles. The van der Waals surface area contributed by atoms with Gasteiger partial charge in [0.05, 0.1) is 22.9 Å². The lowest BCUT2D eigenvalue weighted by Gasteiger charge is -2.30. The second-order valence-corrected chi connectivity index (χ2v) is 10.4. The Kier molecular flexibility index (Phi) is 7.70. The number of benzene rings is 1. The van der Waals surface area contributed by atoms with Gasteiger partial charge in [0.2, 0.25) is 11.8 Å². The predicted molar refractivity (Wildman–Crippen MR) is 127 cm³/mol. The third kappa shape index (κ3) is 6.25. The first-order valence-corrected chi connectivity index (χ1v) is 12.6. The van der Waals surface area contributed by atoms with Crippen molar-refractivity contribution in [1.82, 2.24) is 20.3 Å². The van der Waals surface area contributed by atoms with Gasteiger partial charge in [0.25, 0.3) is 5.92 Å². The predicted octanol–water partition coefficient (Wildman–Crippen LogP) is 4.86. The lowest BCUT2D eigenvalue weighted by molar-refractivity contribution is -0.0244. The number of nitrogens with one attached hydrogen (secondary N) is 3. The summed E-state index contributed by atoms with van der Waals surface area (Å²) in [7, 11) is -2.76. The molecular formula is C21H21F5N6O2S2. The molecule has 36 heavy (non-hydrogen) atoms. The number of rotatable bonds is 8. The van der Waals surface area contributed by atoms with E-state index in [9.17, 15) is 26.2 Å². The molecule has 4 rings (SSSR count). The van der Waals surface area contributed by atoms with Gasteiger partial charge < -0.3 is 15.4 Å². The number of thiazole rings is 1. The van der Waals surface area contributed by atoms with Crippen LogP contribution in [0.4, 0.5) is 33.6 Å². The first-order valence-electron chi connectivity index (χ1n) is 10.6. The zero-order valence-electron chi connectivity index (χ0n) is 18.9. The van der Waals surface area contributed by atoms with E-state index in [1.807, 2.05) is 4.72 Å². The third-order valence-electron chi connectivity index (χ3n) is 5.09. The topological polar surface area (TPSA) is 101 Å². The number of nitrogens with zero attached hydrogens (tertiary/aromatic N) is 3. The standard InChI is InChI=1S/C21H21F5N6O2S2/c1-10-5-15(32-36(33)19(23)24)13(22)6-16(10)34-18-17(35-11(2)29-18)14-3-4-28-20(31-14)30-12-7-21(25,26)9-27-8-12/h3-6,12,19,27,32H,7-9H2,1-2H3,(H,28,30,31). The molecule has 0 saturated carbocycles. The zero-order valence-corrected chi connectivity index (χ0v) is 20.6. The molecule has 3 aromatic rings. The van der Waals surface area contributed by atoms with Gasteiger partial charge in [-0.25, -0.2) is 32.3 Å². The molecule has 3 N–H and O–H groups in total. The van der Waals surface area contributed by atoms with Crippen molar-refractivity contribution in [3.63, 3.8) is 0 Å². The van der Waals surface area contributed by atoms with E-state index in [4.69, 9.17) is 4.74 Å². The van der Waals surface area contributed by atoms with E-state index in [2.05, 4.69) is 25.6 Å². The molecule has 0 spiro atoms. The third-order valence-corrected chi connectivity index (χ3v) is 6.81. The summed E-state index contributed by atoms with van der Waals surface area (Å²) in [4.78, 5) is 13.3. The number of ether oxygens (including phenoxy) is 1. The maximum atomic E-state index is 14.5. The van der Waals surface area contributed by atoms with Crippen molar-refractivity contribution < 1.29 is 30.9 Å². The van der Waals surface area contributed by atoms with Gasteiger partial charge in [0, 0.05) is 31.3 Å². The highest BCUT2D eigenvalue weighted by molar-refractivity contribution is 7.86. The minimum absolute atomic E-state index is 0.0651. The van der Waals surface area contributed by atoms with Crippen molar-refractivity contribution in [2.45, 2.75) is 38.0 Å². The highest BCUT2D eigenvalue weighted by atomic mass is 32.2. The minimum Gasteiger partial charge on any atom is -0.437 e. The van der Waals surface area contributed by atoms with Crippen molar-refractivity contribution in [2.75, 3.05) is 23.1 Å². The van der Waals surface area contributed by atoms with Crippen LogP contribution in [0.2, 0.25) is 0 Å². The number of anilines is 2. The van der Waals surface area contributed by atoms with Gasteiger partial charge in [-0.05, 0) is 31.5 Å². The molecule has 0 radical (unpaired) electrons. The fraction of sp³-hybridized carbons (Fsp3) is 0.381. The minimum atomic E-state index is -3.18. The van der Waals surface area contributed by atoms with Crippen molar-refractivity contribution in [3.8, 4) is 22.2 Å². The zero-order chi connectivity index (χ0) is 26.0. The number of halogens is 5. The smallest absolute Gasteiger partial charge is 0.330 e. The highest BCUT2D eigenvalue weighted by Gasteiger charge is 2.36. The Labute approximate surface area is 209 Å². The molecule has 1 saturated heterocycles. The van der Waals surface area contributed by atoms with Crippen LogP contribution in [-0.2, 0) is 11.0 Å². The summed E-state index contributed by atoms with van der Waals surface area (Å²) in [5.74, 6) is -6.62. The van der Waals surface area contributed by atoms with E-state index in [-0.39, 0.29) is 36.2 Å². The number of aromatic nitrogens is 3. The van der Waals surface area contributed by atoms with Crippen LogP contribution in [0.15, 0.2) is 24.4 Å². The maximum Gasteiger partial charge on any atom is 0.330 e. The first kappa shape index (κ1) is 26.2. The molecule has 194 valence electrons. The van der Waals surface area contributed by atoms with E-state index < -0.39 is 34.5 Å². The molecule has 0 bridgehead atoms. The largest absolute Gasteiger partial charge is 0.437 e. The van der Waals surface area contributed by atoms with E-state index in [0.29, 0.717) is 27.7 Å². The van der Waals surface area contributed by atoms with Crippen LogP contribution < -0.4 is 20.1 Å². The molecule has 8 nitrogen and oxygen atoms in total.